The van der Waals surface area contributed by atoms with Gasteiger partial charge in [-0.15, -0.1) is 0 Å². The van der Waals surface area contributed by atoms with Crippen molar-refractivity contribution in [1.82, 2.24) is 10.2 Å². The highest BCUT2D eigenvalue weighted by Gasteiger charge is 2.44. The molecule has 1 heterocycles. The predicted octanol–water partition coefficient (Wildman–Crippen LogP) is 1.93. The van der Waals surface area contributed by atoms with Crippen molar-refractivity contribution in [2.24, 2.45) is 0 Å². The van der Waals surface area contributed by atoms with Gasteiger partial charge in [0.25, 0.3) is 0 Å². The van der Waals surface area contributed by atoms with Crippen molar-refractivity contribution in [3.63, 3.8) is 0 Å². The molecule has 2 aliphatic rings. The topological polar surface area (TPSA) is 78.9 Å². The number of nitrogens with one attached hydrogen (secondary N) is 1. The van der Waals surface area contributed by atoms with E-state index in [4.69, 9.17) is 9.84 Å². The van der Waals surface area contributed by atoms with E-state index in [2.05, 4.69) is 5.32 Å². The van der Waals surface area contributed by atoms with E-state index in [9.17, 15) is 14.0 Å². The van der Waals surface area contributed by atoms with E-state index in [0.29, 0.717) is 38.2 Å². The zero-order valence-corrected chi connectivity index (χ0v) is 15.6. The van der Waals surface area contributed by atoms with Gasteiger partial charge in [0.2, 0.25) is 5.91 Å². The molecule has 3 rings (SSSR count). The molecule has 0 radical (unpaired) electrons. The number of nitrogens with zero attached hydrogens (tertiary/aromatic N) is 1. The Kier molecular flexibility index (Phi) is 6.11. The summed E-state index contributed by atoms with van der Waals surface area (Å²) in [6.07, 6.45) is 2.53. The molecule has 6 nitrogen and oxygen atoms in total. The van der Waals surface area contributed by atoms with Crippen LogP contribution in [0.3, 0.4) is 0 Å². The van der Waals surface area contributed by atoms with Gasteiger partial charge in [-0.1, -0.05) is 19.1 Å². The number of benzene rings is 1. The van der Waals surface area contributed by atoms with Crippen LogP contribution in [0.1, 0.15) is 38.2 Å². The van der Waals surface area contributed by atoms with E-state index < -0.39 is 11.4 Å². The van der Waals surface area contributed by atoms with Gasteiger partial charge < -0.3 is 15.2 Å². The highest BCUT2D eigenvalue weighted by molar-refractivity contribution is 5.88. The number of aliphatic carboxylic acids is 1. The van der Waals surface area contributed by atoms with Crippen LogP contribution in [0.2, 0.25) is 0 Å². The largest absolute Gasteiger partial charge is 0.480 e. The molecule has 1 saturated carbocycles. The molecule has 1 aliphatic carbocycles. The van der Waals surface area contributed by atoms with Crippen molar-refractivity contribution in [2.75, 3.05) is 26.3 Å². The highest BCUT2D eigenvalue weighted by Crippen LogP contribution is 2.36. The van der Waals surface area contributed by atoms with E-state index in [1.807, 2.05) is 17.9 Å². The van der Waals surface area contributed by atoms with Crippen LogP contribution in [0.25, 0.3) is 0 Å². The van der Waals surface area contributed by atoms with Gasteiger partial charge in [-0.25, -0.2) is 4.39 Å². The third-order valence-electron chi connectivity index (χ3n) is 5.87. The Hall–Kier alpha value is -1.99. The summed E-state index contributed by atoms with van der Waals surface area (Å²) in [5.74, 6) is -1.26. The van der Waals surface area contributed by atoms with Crippen molar-refractivity contribution in [1.29, 1.82) is 0 Å². The van der Waals surface area contributed by atoms with Gasteiger partial charge in [-0.05, 0) is 49.9 Å². The lowest BCUT2D eigenvalue weighted by molar-refractivity contribution is -0.140. The Labute approximate surface area is 158 Å². The smallest absolute Gasteiger partial charge is 0.317 e. The molecule has 0 aromatic heterocycles. The molecule has 1 aromatic carbocycles. The Morgan fingerprint density at radius 3 is 2.63 bits per heavy atom. The van der Waals surface area contributed by atoms with Crippen molar-refractivity contribution >= 4 is 11.9 Å². The first-order chi connectivity index (χ1) is 12.9. The number of likely N-dealkylation sites (N-methyl/N-ethyl adjacent to an activating group) is 1. The summed E-state index contributed by atoms with van der Waals surface area (Å²) in [5.41, 5.74) is -0.0723. The number of hydrogen-bond acceptors (Lipinski definition) is 4. The molecule has 0 spiro atoms. The fourth-order valence-corrected chi connectivity index (χ4v) is 4.15. The average Bonchev–Trinajstić information content (AvgIpc) is 2.63. The monoisotopic (exact) mass is 378 g/mol. The van der Waals surface area contributed by atoms with Gasteiger partial charge in [-0.3, -0.25) is 14.5 Å². The molecule has 0 atom stereocenters. The fraction of sp³-hybridized carbons (Fsp3) is 0.600. The minimum absolute atomic E-state index is 0.0202. The maximum absolute atomic E-state index is 13.8. The summed E-state index contributed by atoms with van der Waals surface area (Å²) in [7, 11) is 0. The third-order valence-corrected chi connectivity index (χ3v) is 5.87. The van der Waals surface area contributed by atoms with Gasteiger partial charge >= 0.3 is 5.97 Å². The Bertz CT molecular complexity index is 684. The van der Waals surface area contributed by atoms with Crippen LogP contribution in [0, 0.1) is 5.82 Å². The average molecular weight is 378 g/mol. The lowest BCUT2D eigenvalue weighted by Crippen LogP contribution is -2.58. The number of rotatable bonds is 7. The van der Waals surface area contributed by atoms with Crippen LogP contribution in [-0.4, -0.2) is 60.3 Å². The molecule has 1 aromatic rings. The van der Waals surface area contributed by atoms with Crippen molar-refractivity contribution in [3.8, 4) is 0 Å². The molecule has 2 fully saturated rings. The fourth-order valence-electron chi connectivity index (χ4n) is 4.15. The van der Waals surface area contributed by atoms with Gasteiger partial charge in [0.05, 0.1) is 12.0 Å². The lowest BCUT2D eigenvalue weighted by Gasteiger charge is -2.44. The zero-order valence-electron chi connectivity index (χ0n) is 15.6. The van der Waals surface area contributed by atoms with Crippen molar-refractivity contribution in [2.45, 2.75) is 50.1 Å². The minimum atomic E-state index is -0.836. The minimum Gasteiger partial charge on any atom is -0.480 e. The van der Waals surface area contributed by atoms with Crippen LogP contribution in [0.15, 0.2) is 24.3 Å². The molecule has 0 bridgehead atoms. The number of halogens is 1. The van der Waals surface area contributed by atoms with Crippen LogP contribution < -0.4 is 5.32 Å². The van der Waals surface area contributed by atoms with Crippen molar-refractivity contribution < 1.29 is 23.8 Å². The first kappa shape index (κ1) is 19.8. The van der Waals surface area contributed by atoms with Crippen LogP contribution in [0.4, 0.5) is 4.39 Å². The number of carbonyl (C=O) groups excluding carboxylic acids is 1. The van der Waals surface area contributed by atoms with E-state index >= 15 is 0 Å². The lowest BCUT2D eigenvalue weighted by atomic mass is 9.72. The molecule has 0 unspecified atom stereocenters. The number of carboxylic acid groups (broad SMARTS) is 1. The number of ether oxygens (including phenoxy) is 1. The molecule has 1 amide bonds. The van der Waals surface area contributed by atoms with E-state index in [1.165, 1.54) is 12.1 Å². The second-order valence-corrected chi connectivity index (χ2v) is 7.46. The summed E-state index contributed by atoms with van der Waals surface area (Å²) in [4.78, 5) is 26.0. The third kappa shape index (κ3) is 4.30. The molecule has 27 heavy (non-hydrogen) atoms. The maximum Gasteiger partial charge on any atom is 0.317 e. The van der Waals surface area contributed by atoms with Gasteiger partial charge in [0, 0.05) is 25.3 Å². The molecular formula is C20H27FN2O4. The van der Waals surface area contributed by atoms with Crippen LogP contribution >= 0.6 is 0 Å². The Morgan fingerprint density at radius 1 is 1.33 bits per heavy atom. The standard InChI is InChI=1S/C20H27FN2O4/c1-2-23(13-18(24)25)17-11-16(12-17)22-19(26)20(6-8-27-9-7-20)14-4-3-5-15(21)10-14/h3-5,10,16-17H,2,6-9,11-13H2,1H3,(H,22,26)(H,24,25). The SMILES string of the molecule is CCN(CC(=O)O)C1CC(NC(=O)C2(c3cccc(F)c3)CCOCC2)C1. The predicted molar refractivity (Wildman–Crippen MR) is 98.0 cm³/mol. The number of carboxylic acids is 1. The summed E-state index contributed by atoms with van der Waals surface area (Å²) in [6.45, 7) is 3.57. The molecular weight excluding hydrogens is 351 g/mol. The van der Waals surface area contributed by atoms with Crippen LogP contribution in [-0.2, 0) is 19.7 Å². The van der Waals surface area contributed by atoms with Crippen molar-refractivity contribution in [3.05, 3.63) is 35.6 Å². The van der Waals surface area contributed by atoms with Gasteiger partial charge in [-0.2, -0.15) is 0 Å². The number of amides is 1. The normalized spacial score (nSPS) is 24.3. The zero-order chi connectivity index (χ0) is 19.4. The summed E-state index contributed by atoms with van der Waals surface area (Å²) in [6, 6.07) is 6.48. The van der Waals surface area contributed by atoms with Gasteiger partial charge in [0.15, 0.2) is 0 Å². The maximum atomic E-state index is 13.8. The first-order valence-corrected chi connectivity index (χ1v) is 9.55. The molecule has 1 aliphatic heterocycles. The molecule has 148 valence electrons. The first-order valence-electron chi connectivity index (χ1n) is 9.55. The molecule has 2 N–H and O–H groups in total. The second-order valence-electron chi connectivity index (χ2n) is 7.46. The van der Waals surface area contributed by atoms with Crippen LogP contribution in [0.5, 0.6) is 0 Å². The number of hydrogen-bond donors (Lipinski definition) is 2. The summed E-state index contributed by atoms with van der Waals surface area (Å²) >= 11 is 0. The highest BCUT2D eigenvalue weighted by atomic mass is 19.1. The van der Waals surface area contributed by atoms with E-state index in [0.717, 1.165) is 12.8 Å². The number of carbonyl (C=O) groups is 2. The van der Waals surface area contributed by atoms with E-state index in [1.54, 1.807) is 6.07 Å². The summed E-state index contributed by atoms with van der Waals surface area (Å²) < 4.78 is 19.2. The molecule has 1 saturated heterocycles. The van der Waals surface area contributed by atoms with Gasteiger partial charge in [0.1, 0.15) is 5.82 Å². The quantitative estimate of drug-likeness (QED) is 0.758. The second kappa shape index (κ2) is 8.35. The molecule has 7 heteroatoms. The Balaban J connectivity index is 1.66. The Morgan fingerprint density at radius 2 is 2.04 bits per heavy atom. The summed E-state index contributed by atoms with van der Waals surface area (Å²) in [5, 5.41) is 12.1. The van der Waals surface area contributed by atoms with E-state index in [-0.39, 0.29) is 30.4 Å².